The van der Waals surface area contributed by atoms with Gasteiger partial charge in [-0.1, -0.05) is 18.2 Å². The van der Waals surface area contributed by atoms with Crippen LogP contribution in [-0.2, 0) is 9.59 Å². The lowest BCUT2D eigenvalue weighted by Gasteiger charge is -2.13. The van der Waals surface area contributed by atoms with Gasteiger partial charge in [0.25, 0.3) is 17.5 Å². The number of fused-ring (bicyclic) bond motifs is 5. The first-order valence-electron chi connectivity index (χ1n) is 10.6. The molecule has 4 atom stereocenters. The largest absolute Gasteiger partial charge is 0.497 e. The van der Waals surface area contributed by atoms with E-state index in [1.54, 1.807) is 12.1 Å². The van der Waals surface area contributed by atoms with Crippen LogP contribution < -0.4 is 9.47 Å². The number of allylic oxidation sites excluding steroid dienone is 2. The van der Waals surface area contributed by atoms with Crippen LogP contribution in [0.2, 0.25) is 0 Å². The molecule has 2 fully saturated rings. The van der Waals surface area contributed by atoms with Crippen molar-refractivity contribution in [2.75, 3.05) is 7.11 Å². The van der Waals surface area contributed by atoms with Gasteiger partial charge in [0.05, 0.1) is 35.6 Å². The molecule has 1 heterocycles. The van der Waals surface area contributed by atoms with Crippen LogP contribution in [0.25, 0.3) is 0 Å². The van der Waals surface area contributed by atoms with E-state index in [0.29, 0.717) is 5.75 Å². The van der Waals surface area contributed by atoms with Crippen LogP contribution in [0.15, 0.2) is 59.7 Å². The fraction of sp³-hybridized carbons (Fsp3) is 0.250. The molecule has 1 aliphatic heterocycles. The van der Waals surface area contributed by atoms with E-state index in [4.69, 9.17) is 9.47 Å². The topological polar surface area (TPSA) is 128 Å². The van der Waals surface area contributed by atoms with Crippen LogP contribution in [0.1, 0.15) is 22.3 Å². The van der Waals surface area contributed by atoms with E-state index in [-0.39, 0.29) is 46.2 Å². The predicted molar refractivity (Wildman–Crippen MR) is 118 cm³/mol. The summed E-state index contributed by atoms with van der Waals surface area (Å²) in [6.07, 6.45) is 5.87. The highest BCUT2D eigenvalue weighted by Gasteiger charge is 2.59. The molecule has 2 amide bonds. The molecule has 4 unspecified atom stereocenters. The molecule has 0 aromatic heterocycles. The van der Waals surface area contributed by atoms with Crippen molar-refractivity contribution < 1.29 is 28.8 Å². The monoisotopic (exact) mass is 461 g/mol. The predicted octanol–water partition coefficient (Wildman–Crippen LogP) is 2.96. The van der Waals surface area contributed by atoms with Crippen LogP contribution in [0, 0.1) is 33.8 Å². The SMILES string of the molecule is COc1cccc(C(=O)Oc2ccc([N+](=O)[O-])cc2C=NN2C(=O)C3C4C=CC(C4)C3C2=O)c1. The molecule has 34 heavy (non-hydrogen) atoms. The minimum Gasteiger partial charge on any atom is -0.497 e. The average Bonchev–Trinajstić information content (AvgIpc) is 3.52. The van der Waals surface area contributed by atoms with Gasteiger partial charge in [0.1, 0.15) is 11.5 Å². The summed E-state index contributed by atoms with van der Waals surface area (Å²) in [5, 5.41) is 16.1. The highest BCUT2D eigenvalue weighted by Crippen LogP contribution is 2.52. The Balaban J connectivity index is 1.42. The molecule has 3 aliphatic rings. The van der Waals surface area contributed by atoms with Crippen LogP contribution in [0.5, 0.6) is 11.5 Å². The van der Waals surface area contributed by atoms with Gasteiger partial charge < -0.3 is 9.47 Å². The fourth-order valence-electron chi connectivity index (χ4n) is 4.87. The Morgan fingerprint density at radius 3 is 2.47 bits per heavy atom. The minimum atomic E-state index is -0.715. The molecule has 2 aromatic carbocycles. The van der Waals surface area contributed by atoms with Crippen molar-refractivity contribution in [1.29, 1.82) is 0 Å². The number of esters is 1. The molecule has 172 valence electrons. The third-order valence-corrected chi connectivity index (χ3v) is 6.47. The molecule has 5 rings (SSSR count). The first-order valence-corrected chi connectivity index (χ1v) is 10.6. The maximum absolute atomic E-state index is 12.8. The van der Waals surface area contributed by atoms with E-state index >= 15 is 0 Å². The van der Waals surface area contributed by atoms with Crippen molar-refractivity contribution in [2.45, 2.75) is 6.42 Å². The van der Waals surface area contributed by atoms with E-state index < -0.39 is 22.7 Å². The highest BCUT2D eigenvalue weighted by atomic mass is 16.6. The van der Waals surface area contributed by atoms with Crippen LogP contribution >= 0.6 is 0 Å². The van der Waals surface area contributed by atoms with E-state index in [1.807, 2.05) is 12.2 Å². The lowest BCUT2D eigenvalue weighted by atomic mass is 9.85. The number of ether oxygens (including phenoxy) is 2. The van der Waals surface area contributed by atoms with Gasteiger partial charge in [-0.2, -0.15) is 10.1 Å². The third kappa shape index (κ3) is 3.53. The van der Waals surface area contributed by atoms with Gasteiger partial charge in [-0.3, -0.25) is 19.7 Å². The minimum absolute atomic E-state index is 0.0109. The van der Waals surface area contributed by atoms with Gasteiger partial charge in [-0.15, -0.1) is 0 Å². The summed E-state index contributed by atoms with van der Waals surface area (Å²) in [5.74, 6) is -1.82. The molecule has 2 aromatic rings. The van der Waals surface area contributed by atoms with E-state index in [0.717, 1.165) is 23.7 Å². The number of amides is 2. The highest BCUT2D eigenvalue weighted by molar-refractivity contribution is 6.07. The van der Waals surface area contributed by atoms with Crippen LogP contribution in [0.4, 0.5) is 5.69 Å². The van der Waals surface area contributed by atoms with E-state index in [2.05, 4.69) is 5.10 Å². The number of non-ortho nitro benzene ring substituents is 1. The standard InChI is InChI=1S/C24H19N3O7/c1-33-18-4-2-3-15(11-18)24(30)34-19-8-7-17(27(31)32)10-16(19)12-25-26-22(28)20-13-5-6-14(9-13)21(20)23(26)29/h2-8,10-14,20-21H,9H2,1H3. The Morgan fingerprint density at radius 2 is 1.82 bits per heavy atom. The van der Waals surface area contributed by atoms with Gasteiger partial charge in [0, 0.05) is 17.7 Å². The molecule has 1 saturated carbocycles. The zero-order valence-electron chi connectivity index (χ0n) is 18.0. The first-order chi connectivity index (χ1) is 16.4. The quantitative estimate of drug-likeness (QED) is 0.123. The molecule has 0 N–H and O–H groups in total. The Hall–Kier alpha value is -4.34. The van der Waals surface area contributed by atoms with Gasteiger partial charge >= 0.3 is 5.97 Å². The fourth-order valence-corrected chi connectivity index (χ4v) is 4.87. The number of hydrazone groups is 1. The number of carbonyl (C=O) groups is 3. The molecule has 2 bridgehead atoms. The smallest absolute Gasteiger partial charge is 0.343 e. The van der Waals surface area contributed by atoms with Crippen molar-refractivity contribution in [3.05, 3.63) is 75.9 Å². The lowest BCUT2D eigenvalue weighted by Crippen LogP contribution is -2.28. The molecule has 10 nitrogen and oxygen atoms in total. The number of nitro benzene ring substituents is 1. The van der Waals surface area contributed by atoms with Gasteiger partial charge in [-0.05, 0) is 42.5 Å². The van der Waals surface area contributed by atoms with Gasteiger partial charge in [-0.25, -0.2) is 4.79 Å². The second-order valence-electron chi connectivity index (χ2n) is 8.33. The normalized spacial score (nSPS) is 24.7. The third-order valence-electron chi connectivity index (χ3n) is 6.47. The maximum Gasteiger partial charge on any atom is 0.343 e. The Kier molecular flexibility index (Phi) is 5.20. The number of nitro groups is 1. The number of hydrogen-bond donors (Lipinski definition) is 0. The van der Waals surface area contributed by atoms with Crippen molar-refractivity contribution >= 4 is 29.7 Å². The summed E-state index contributed by atoms with van der Waals surface area (Å²) in [6.45, 7) is 0. The van der Waals surface area contributed by atoms with Gasteiger partial charge in [0.2, 0.25) is 0 Å². The summed E-state index contributed by atoms with van der Waals surface area (Å²) < 4.78 is 10.6. The number of hydrogen-bond acceptors (Lipinski definition) is 8. The number of imide groups is 1. The average molecular weight is 461 g/mol. The Morgan fingerprint density at radius 1 is 1.12 bits per heavy atom. The molecule has 10 heteroatoms. The van der Waals surface area contributed by atoms with Crippen molar-refractivity contribution in [3.63, 3.8) is 0 Å². The zero-order chi connectivity index (χ0) is 24.0. The van der Waals surface area contributed by atoms with Crippen LogP contribution in [0.3, 0.4) is 0 Å². The van der Waals surface area contributed by atoms with E-state index in [9.17, 15) is 24.5 Å². The van der Waals surface area contributed by atoms with Crippen molar-refractivity contribution in [1.82, 2.24) is 5.01 Å². The second kappa shape index (κ2) is 8.22. The number of nitrogens with zero attached hydrogens (tertiary/aromatic N) is 3. The first kappa shape index (κ1) is 21.5. The second-order valence-corrected chi connectivity index (χ2v) is 8.33. The molecule has 0 spiro atoms. The molecule has 2 aliphatic carbocycles. The number of benzene rings is 2. The summed E-state index contributed by atoms with van der Waals surface area (Å²) in [4.78, 5) is 49.0. The summed E-state index contributed by atoms with van der Waals surface area (Å²) in [7, 11) is 1.46. The summed E-state index contributed by atoms with van der Waals surface area (Å²) in [5.41, 5.74) is 0.0197. The number of rotatable bonds is 6. The van der Waals surface area contributed by atoms with Crippen molar-refractivity contribution in [2.24, 2.45) is 28.8 Å². The van der Waals surface area contributed by atoms with E-state index in [1.165, 1.54) is 31.4 Å². The molecule has 0 radical (unpaired) electrons. The Labute approximate surface area is 193 Å². The maximum atomic E-state index is 12.8. The van der Waals surface area contributed by atoms with Crippen molar-refractivity contribution in [3.8, 4) is 11.5 Å². The summed E-state index contributed by atoms with van der Waals surface area (Å²) >= 11 is 0. The number of methoxy groups -OCH3 is 1. The Bertz CT molecular complexity index is 1260. The zero-order valence-corrected chi connectivity index (χ0v) is 18.0. The number of carbonyl (C=O) groups excluding carboxylic acids is 3. The molecule has 1 saturated heterocycles. The van der Waals surface area contributed by atoms with Gasteiger partial charge in [0.15, 0.2) is 0 Å². The summed E-state index contributed by atoms with van der Waals surface area (Å²) in [6, 6.07) is 9.93. The molecular formula is C24H19N3O7. The van der Waals surface area contributed by atoms with Crippen LogP contribution in [-0.4, -0.2) is 41.0 Å². The molecular weight excluding hydrogens is 442 g/mol. The lowest BCUT2D eigenvalue weighted by molar-refractivity contribution is -0.384.